The second kappa shape index (κ2) is 5.62. The van der Waals surface area contributed by atoms with Crippen LogP contribution >= 0.6 is 0 Å². The monoisotopic (exact) mass is 286 g/mol. The summed E-state index contributed by atoms with van der Waals surface area (Å²) in [5, 5.41) is 23.2. The first-order valence-corrected chi connectivity index (χ1v) is 6.25. The minimum Gasteiger partial charge on any atom is -0.478 e. The van der Waals surface area contributed by atoms with Gasteiger partial charge in [-0.2, -0.15) is 0 Å². The van der Waals surface area contributed by atoms with E-state index in [2.05, 4.69) is 5.32 Å². The molecule has 6 nitrogen and oxygen atoms in total. The Kier molecular flexibility index (Phi) is 3.89. The van der Waals surface area contributed by atoms with Crippen molar-refractivity contribution < 1.29 is 14.8 Å². The summed E-state index contributed by atoms with van der Waals surface area (Å²) in [6, 6.07) is 9.38. The lowest BCUT2D eigenvalue weighted by atomic mass is 10.1. The molecule has 0 spiro atoms. The van der Waals surface area contributed by atoms with Gasteiger partial charge in [0.15, 0.2) is 0 Å². The average Bonchev–Trinajstić information content (AvgIpc) is 2.44. The molecule has 0 aliphatic rings. The van der Waals surface area contributed by atoms with Gasteiger partial charge in [0.1, 0.15) is 5.69 Å². The molecule has 0 unspecified atom stereocenters. The summed E-state index contributed by atoms with van der Waals surface area (Å²) in [7, 11) is 0. The summed E-state index contributed by atoms with van der Waals surface area (Å²) in [6.07, 6.45) is 0. The van der Waals surface area contributed by atoms with Crippen LogP contribution in [-0.4, -0.2) is 16.0 Å². The lowest BCUT2D eigenvalue weighted by Gasteiger charge is -2.13. The number of aromatic carboxylic acids is 1. The fraction of sp³-hybridized carbons (Fsp3) is 0.133. The Bertz CT molecular complexity index is 726. The summed E-state index contributed by atoms with van der Waals surface area (Å²) in [4.78, 5) is 21.9. The number of hydrogen-bond acceptors (Lipinski definition) is 4. The molecule has 21 heavy (non-hydrogen) atoms. The minimum atomic E-state index is -1.09. The number of carboxylic acid groups (broad SMARTS) is 1. The number of carboxylic acids is 1. The maximum Gasteiger partial charge on any atom is 0.337 e. The van der Waals surface area contributed by atoms with Gasteiger partial charge >= 0.3 is 5.97 Å². The van der Waals surface area contributed by atoms with Gasteiger partial charge in [0.25, 0.3) is 5.69 Å². The maximum atomic E-state index is 11.2. The van der Waals surface area contributed by atoms with Crippen molar-refractivity contribution in [3.8, 4) is 0 Å². The average molecular weight is 286 g/mol. The van der Waals surface area contributed by atoms with E-state index in [9.17, 15) is 20.0 Å². The number of hydrogen-bond donors (Lipinski definition) is 2. The Balaban J connectivity index is 2.57. The molecule has 0 aliphatic carbocycles. The number of anilines is 2. The molecular formula is C15H14N2O4. The third kappa shape index (κ3) is 2.84. The van der Waals surface area contributed by atoms with E-state index in [1.54, 1.807) is 31.2 Å². The van der Waals surface area contributed by atoms with Crippen LogP contribution in [0.15, 0.2) is 36.4 Å². The normalized spacial score (nSPS) is 10.2. The Hall–Kier alpha value is -2.89. The van der Waals surface area contributed by atoms with Crippen LogP contribution in [0.2, 0.25) is 0 Å². The number of rotatable bonds is 4. The van der Waals surface area contributed by atoms with E-state index in [0.29, 0.717) is 16.9 Å². The first kappa shape index (κ1) is 14.5. The molecule has 2 aromatic rings. The number of benzene rings is 2. The Morgan fingerprint density at radius 3 is 2.48 bits per heavy atom. The molecule has 0 fully saturated rings. The van der Waals surface area contributed by atoms with Gasteiger partial charge in [-0.05, 0) is 37.1 Å². The van der Waals surface area contributed by atoms with Crippen LogP contribution in [0.4, 0.5) is 17.1 Å². The zero-order chi connectivity index (χ0) is 15.6. The highest BCUT2D eigenvalue weighted by Gasteiger charge is 2.19. The molecule has 0 atom stereocenters. The first-order valence-electron chi connectivity index (χ1n) is 6.25. The maximum absolute atomic E-state index is 11.2. The number of para-hydroxylation sites is 1. The fourth-order valence-corrected chi connectivity index (χ4v) is 2.02. The molecule has 0 heterocycles. The number of carbonyl (C=O) groups is 1. The first-order chi connectivity index (χ1) is 9.91. The molecule has 0 aromatic heterocycles. The second-order valence-electron chi connectivity index (χ2n) is 4.63. The molecule has 0 amide bonds. The van der Waals surface area contributed by atoms with Gasteiger partial charge in [-0.25, -0.2) is 4.79 Å². The molecular weight excluding hydrogens is 272 g/mol. The molecule has 108 valence electrons. The Morgan fingerprint density at radius 1 is 1.19 bits per heavy atom. The highest BCUT2D eigenvalue weighted by atomic mass is 16.6. The van der Waals surface area contributed by atoms with E-state index >= 15 is 0 Å². The summed E-state index contributed by atoms with van der Waals surface area (Å²) in [5.74, 6) is -1.09. The quantitative estimate of drug-likeness (QED) is 0.661. The summed E-state index contributed by atoms with van der Waals surface area (Å²) >= 11 is 0. The molecule has 0 bridgehead atoms. The van der Waals surface area contributed by atoms with Crippen LogP contribution in [0, 0.1) is 24.0 Å². The van der Waals surface area contributed by atoms with Crippen molar-refractivity contribution in [2.45, 2.75) is 13.8 Å². The molecule has 6 heteroatoms. The van der Waals surface area contributed by atoms with Crippen LogP contribution in [0.1, 0.15) is 21.5 Å². The summed E-state index contributed by atoms with van der Waals surface area (Å²) in [6.45, 7) is 3.60. The van der Waals surface area contributed by atoms with Crippen molar-refractivity contribution in [2.75, 3.05) is 5.32 Å². The summed E-state index contributed by atoms with van der Waals surface area (Å²) in [5.41, 5.74) is 2.21. The number of nitrogens with zero attached hydrogens (tertiary/aromatic N) is 1. The van der Waals surface area contributed by atoms with Crippen LogP contribution in [-0.2, 0) is 0 Å². The molecule has 2 aromatic carbocycles. The van der Waals surface area contributed by atoms with Crippen molar-refractivity contribution in [3.05, 3.63) is 63.2 Å². The van der Waals surface area contributed by atoms with Crippen molar-refractivity contribution in [3.63, 3.8) is 0 Å². The molecule has 0 aliphatic heterocycles. The van der Waals surface area contributed by atoms with Gasteiger partial charge in [-0.3, -0.25) is 10.1 Å². The molecule has 2 rings (SSSR count). The van der Waals surface area contributed by atoms with Crippen LogP contribution < -0.4 is 5.32 Å². The Labute approximate surface area is 121 Å². The number of nitro benzene ring substituents is 1. The van der Waals surface area contributed by atoms with Gasteiger partial charge in [0, 0.05) is 6.07 Å². The summed E-state index contributed by atoms with van der Waals surface area (Å²) < 4.78 is 0. The van der Waals surface area contributed by atoms with Gasteiger partial charge < -0.3 is 10.4 Å². The topological polar surface area (TPSA) is 92.5 Å². The standard InChI is InChI=1S/C15H14N2O4/c1-9-7-8-13(17(20)21)14(10(9)2)16-12-6-4-3-5-11(12)15(18)19/h3-8,16H,1-2H3,(H,18,19). The zero-order valence-electron chi connectivity index (χ0n) is 11.6. The van der Waals surface area contributed by atoms with Crippen molar-refractivity contribution in [1.82, 2.24) is 0 Å². The molecule has 2 N–H and O–H groups in total. The van der Waals surface area contributed by atoms with Gasteiger partial charge in [-0.15, -0.1) is 0 Å². The van der Waals surface area contributed by atoms with Gasteiger partial charge in [0.2, 0.25) is 0 Å². The number of nitro groups is 1. The smallest absolute Gasteiger partial charge is 0.337 e. The predicted molar refractivity (Wildman–Crippen MR) is 79.3 cm³/mol. The van der Waals surface area contributed by atoms with Crippen molar-refractivity contribution >= 4 is 23.0 Å². The number of nitrogens with one attached hydrogen (secondary N) is 1. The minimum absolute atomic E-state index is 0.0627. The zero-order valence-corrected chi connectivity index (χ0v) is 11.6. The van der Waals surface area contributed by atoms with Crippen LogP contribution in [0.25, 0.3) is 0 Å². The largest absolute Gasteiger partial charge is 0.478 e. The lowest BCUT2D eigenvalue weighted by Crippen LogP contribution is -2.05. The van der Waals surface area contributed by atoms with Crippen LogP contribution in [0.3, 0.4) is 0 Å². The lowest BCUT2D eigenvalue weighted by molar-refractivity contribution is -0.384. The van der Waals surface area contributed by atoms with E-state index < -0.39 is 10.9 Å². The number of aryl methyl sites for hydroxylation is 1. The van der Waals surface area contributed by atoms with E-state index in [1.807, 2.05) is 6.92 Å². The van der Waals surface area contributed by atoms with E-state index in [0.717, 1.165) is 5.56 Å². The van der Waals surface area contributed by atoms with Gasteiger partial charge in [-0.1, -0.05) is 18.2 Å². The Morgan fingerprint density at radius 2 is 1.86 bits per heavy atom. The fourth-order valence-electron chi connectivity index (χ4n) is 2.02. The molecule has 0 radical (unpaired) electrons. The highest BCUT2D eigenvalue weighted by molar-refractivity contribution is 5.95. The predicted octanol–water partition coefficient (Wildman–Crippen LogP) is 3.65. The third-order valence-electron chi connectivity index (χ3n) is 3.33. The van der Waals surface area contributed by atoms with E-state index in [4.69, 9.17) is 0 Å². The van der Waals surface area contributed by atoms with Crippen LogP contribution in [0.5, 0.6) is 0 Å². The van der Waals surface area contributed by atoms with E-state index in [1.165, 1.54) is 12.1 Å². The highest BCUT2D eigenvalue weighted by Crippen LogP contribution is 2.33. The molecule has 0 saturated carbocycles. The molecule has 0 saturated heterocycles. The van der Waals surface area contributed by atoms with Gasteiger partial charge in [0.05, 0.1) is 16.2 Å². The van der Waals surface area contributed by atoms with E-state index in [-0.39, 0.29) is 11.3 Å². The second-order valence-corrected chi connectivity index (χ2v) is 4.63. The van der Waals surface area contributed by atoms with Crippen molar-refractivity contribution in [2.24, 2.45) is 0 Å². The van der Waals surface area contributed by atoms with Crippen molar-refractivity contribution in [1.29, 1.82) is 0 Å². The third-order valence-corrected chi connectivity index (χ3v) is 3.33. The SMILES string of the molecule is Cc1ccc([N+](=O)[O-])c(Nc2ccccc2C(=O)O)c1C.